The summed E-state index contributed by atoms with van der Waals surface area (Å²) >= 11 is 0. The zero-order valence-electron chi connectivity index (χ0n) is 13.1. The third-order valence-corrected chi connectivity index (χ3v) is 5.04. The van der Waals surface area contributed by atoms with Crippen LogP contribution in [0, 0.1) is 5.41 Å². The van der Waals surface area contributed by atoms with Crippen molar-refractivity contribution in [2.75, 3.05) is 19.6 Å². The highest BCUT2D eigenvalue weighted by atomic mass is 15.1. The Kier molecular flexibility index (Phi) is 3.91. The van der Waals surface area contributed by atoms with Crippen LogP contribution in [0.1, 0.15) is 56.8 Å². The molecule has 0 amide bonds. The molecule has 1 aromatic rings. The van der Waals surface area contributed by atoms with Crippen LogP contribution in [-0.2, 0) is 13.0 Å². The molecule has 0 saturated carbocycles. The van der Waals surface area contributed by atoms with Crippen molar-refractivity contribution in [3.05, 3.63) is 23.5 Å². The van der Waals surface area contributed by atoms with Gasteiger partial charge in [0.1, 0.15) is 0 Å². The summed E-state index contributed by atoms with van der Waals surface area (Å²) in [5.74, 6) is 0. The summed E-state index contributed by atoms with van der Waals surface area (Å²) in [6, 6.07) is 2.48. The molecule has 1 saturated heterocycles. The molecule has 0 spiro atoms. The minimum Gasteiger partial charge on any atom is -0.350 e. The maximum absolute atomic E-state index is 6.35. The van der Waals surface area contributed by atoms with E-state index in [1.54, 1.807) is 0 Å². The lowest BCUT2D eigenvalue weighted by molar-refractivity contribution is 0.217. The highest BCUT2D eigenvalue weighted by molar-refractivity contribution is 5.30. The second-order valence-electron chi connectivity index (χ2n) is 7.47. The predicted octanol–water partition coefficient (Wildman–Crippen LogP) is 2.95. The molecule has 0 bridgehead atoms. The van der Waals surface area contributed by atoms with E-state index in [4.69, 9.17) is 5.73 Å². The molecule has 0 radical (unpaired) electrons. The lowest BCUT2D eigenvalue weighted by Gasteiger charge is -2.35. The van der Waals surface area contributed by atoms with E-state index >= 15 is 0 Å². The fourth-order valence-corrected chi connectivity index (χ4v) is 3.94. The van der Waals surface area contributed by atoms with Gasteiger partial charge in [-0.25, -0.2) is 0 Å². The van der Waals surface area contributed by atoms with Crippen LogP contribution < -0.4 is 5.73 Å². The highest BCUT2D eigenvalue weighted by Gasteiger charge is 2.32. The first-order chi connectivity index (χ1) is 9.55. The first kappa shape index (κ1) is 14.2. The first-order valence-corrected chi connectivity index (χ1v) is 8.21. The van der Waals surface area contributed by atoms with Gasteiger partial charge in [0.05, 0.1) is 0 Å². The second-order valence-corrected chi connectivity index (χ2v) is 7.47. The first-order valence-electron chi connectivity index (χ1n) is 8.21. The largest absolute Gasteiger partial charge is 0.350 e. The summed E-state index contributed by atoms with van der Waals surface area (Å²) in [7, 11) is 0. The number of likely N-dealkylation sites (tertiary alicyclic amines) is 1. The van der Waals surface area contributed by atoms with Crippen molar-refractivity contribution in [1.29, 1.82) is 0 Å². The van der Waals surface area contributed by atoms with Crippen LogP contribution in [-0.4, -0.2) is 29.1 Å². The van der Waals surface area contributed by atoms with Crippen LogP contribution in [0.4, 0.5) is 0 Å². The normalized spacial score (nSPS) is 26.4. The summed E-state index contributed by atoms with van der Waals surface area (Å²) in [5, 5.41) is 0. The lowest BCUT2D eigenvalue weighted by atomic mass is 9.74. The van der Waals surface area contributed by atoms with Crippen LogP contribution in [0.15, 0.2) is 12.3 Å². The van der Waals surface area contributed by atoms with Crippen molar-refractivity contribution in [2.24, 2.45) is 11.1 Å². The predicted molar refractivity (Wildman–Crippen MR) is 83.8 cm³/mol. The number of nitrogens with zero attached hydrogens (tertiary/aromatic N) is 2. The van der Waals surface area contributed by atoms with Crippen molar-refractivity contribution in [1.82, 2.24) is 9.47 Å². The SMILES string of the molecule is CC1(C)Cc2c(ccn2CCN2CCCCC2)C(N)C1. The number of nitrogens with two attached hydrogens (primary N) is 1. The molecule has 2 heterocycles. The Morgan fingerprint density at radius 2 is 1.95 bits per heavy atom. The van der Waals surface area contributed by atoms with Gasteiger partial charge in [-0.2, -0.15) is 0 Å². The van der Waals surface area contributed by atoms with Gasteiger partial charge in [-0.15, -0.1) is 0 Å². The van der Waals surface area contributed by atoms with Gasteiger partial charge in [0.15, 0.2) is 0 Å². The number of hydrogen-bond acceptors (Lipinski definition) is 2. The van der Waals surface area contributed by atoms with Gasteiger partial charge in [0.2, 0.25) is 0 Å². The van der Waals surface area contributed by atoms with Crippen molar-refractivity contribution in [3.63, 3.8) is 0 Å². The van der Waals surface area contributed by atoms with E-state index in [1.807, 2.05) is 0 Å². The fraction of sp³-hybridized carbons (Fsp3) is 0.765. The van der Waals surface area contributed by atoms with Crippen LogP contribution in [0.3, 0.4) is 0 Å². The van der Waals surface area contributed by atoms with E-state index < -0.39 is 0 Å². The number of rotatable bonds is 3. The highest BCUT2D eigenvalue weighted by Crippen LogP contribution is 2.39. The van der Waals surface area contributed by atoms with Gasteiger partial charge in [-0.05, 0) is 55.8 Å². The summed E-state index contributed by atoms with van der Waals surface area (Å²) in [4.78, 5) is 2.61. The molecule has 20 heavy (non-hydrogen) atoms. The maximum Gasteiger partial charge on any atom is 0.0350 e. The van der Waals surface area contributed by atoms with E-state index in [2.05, 4.69) is 35.6 Å². The Morgan fingerprint density at radius 3 is 2.70 bits per heavy atom. The Hall–Kier alpha value is -0.800. The topological polar surface area (TPSA) is 34.2 Å². The average Bonchev–Trinajstić information content (AvgIpc) is 2.79. The van der Waals surface area contributed by atoms with Gasteiger partial charge < -0.3 is 15.2 Å². The molecule has 1 aromatic heterocycles. The van der Waals surface area contributed by atoms with Crippen LogP contribution in [0.5, 0.6) is 0 Å². The van der Waals surface area contributed by atoms with Gasteiger partial charge in [-0.3, -0.25) is 0 Å². The van der Waals surface area contributed by atoms with E-state index in [1.165, 1.54) is 56.6 Å². The quantitative estimate of drug-likeness (QED) is 0.920. The Balaban J connectivity index is 1.69. The second kappa shape index (κ2) is 5.53. The molecule has 2 aliphatic rings. The summed E-state index contributed by atoms with van der Waals surface area (Å²) in [6.07, 6.45) is 8.71. The van der Waals surface area contributed by atoms with Gasteiger partial charge in [0.25, 0.3) is 0 Å². The van der Waals surface area contributed by atoms with Crippen molar-refractivity contribution >= 4 is 0 Å². The molecule has 3 heteroatoms. The standard InChI is InChI=1S/C17H29N3/c1-17(2)12-15(18)14-6-9-20(16(14)13-17)11-10-19-7-4-3-5-8-19/h6,9,15H,3-5,7-8,10-13,18H2,1-2H3. The zero-order valence-corrected chi connectivity index (χ0v) is 13.1. The van der Waals surface area contributed by atoms with E-state index in [0.29, 0.717) is 5.41 Å². The molecule has 1 unspecified atom stereocenters. The number of aromatic nitrogens is 1. The molecule has 112 valence electrons. The third kappa shape index (κ3) is 2.94. The molecule has 0 aromatic carbocycles. The van der Waals surface area contributed by atoms with Gasteiger partial charge >= 0.3 is 0 Å². The molecular formula is C17H29N3. The van der Waals surface area contributed by atoms with E-state index in [-0.39, 0.29) is 6.04 Å². The van der Waals surface area contributed by atoms with E-state index in [0.717, 1.165) is 13.0 Å². The smallest absolute Gasteiger partial charge is 0.0350 e. The molecule has 1 aliphatic heterocycles. The minimum atomic E-state index is 0.227. The minimum absolute atomic E-state index is 0.227. The lowest BCUT2D eigenvalue weighted by Crippen LogP contribution is -2.34. The summed E-state index contributed by atoms with van der Waals surface area (Å²) in [5.41, 5.74) is 9.57. The Morgan fingerprint density at radius 1 is 1.20 bits per heavy atom. The molecule has 1 aliphatic carbocycles. The molecule has 1 atom stereocenters. The van der Waals surface area contributed by atoms with E-state index in [9.17, 15) is 0 Å². The molecule has 2 N–H and O–H groups in total. The third-order valence-electron chi connectivity index (χ3n) is 5.04. The number of piperidine rings is 1. The Bertz CT molecular complexity index is 455. The molecule has 3 nitrogen and oxygen atoms in total. The molecule has 3 rings (SSSR count). The van der Waals surface area contributed by atoms with Gasteiger partial charge in [-0.1, -0.05) is 20.3 Å². The van der Waals surface area contributed by atoms with Gasteiger partial charge in [0, 0.05) is 31.0 Å². The van der Waals surface area contributed by atoms with Crippen LogP contribution >= 0.6 is 0 Å². The monoisotopic (exact) mass is 275 g/mol. The summed E-state index contributed by atoms with van der Waals surface area (Å²) < 4.78 is 2.46. The number of fused-ring (bicyclic) bond motifs is 1. The van der Waals surface area contributed by atoms with Crippen molar-refractivity contribution in [2.45, 2.75) is 58.5 Å². The fourth-order valence-electron chi connectivity index (χ4n) is 3.94. The summed E-state index contributed by atoms with van der Waals surface area (Å²) in [6.45, 7) is 9.58. The Labute approximate surface area is 123 Å². The van der Waals surface area contributed by atoms with Crippen molar-refractivity contribution in [3.8, 4) is 0 Å². The molecular weight excluding hydrogens is 246 g/mol. The maximum atomic E-state index is 6.35. The van der Waals surface area contributed by atoms with Crippen LogP contribution in [0.25, 0.3) is 0 Å². The zero-order chi connectivity index (χ0) is 14.2. The number of hydrogen-bond donors (Lipinski definition) is 1. The van der Waals surface area contributed by atoms with Crippen LogP contribution in [0.2, 0.25) is 0 Å². The average molecular weight is 275 g/mol. The molecule has 1 fully saturated rings. The van der Waals surface area contributed by atoms with Crippen molar-refractivity contribution < 1.29 is 0 Å².